The van der Waals surface area contributed by atoms with Crippen LogP contribution in [-0.2, 0) is 28.0 Å². The molecule has 0 aromatic heterocycles. The number of carbonyl (C=O) groups is 3. The summed E-state index contributed by atoms with van der Waals surface area (Å²) in [6.07, 6.45) is 11.0. The summed E-state index contributed by atoms with van der Waals surface area (Å²) in [5.41, 5.74) is 2.66. The summed E-state index contributed by atoms with van der Waals surface area (Å²) < 4.78 is 22.6. The Morgan fingerprint density at radius 1 is 1.08 bits per heavy atom. The molecule has 2 aliphatic carbocycles. The van der Waals surface area contributed by atoms with E-state index >= 15 is 0 Å². The molecule has 3 N–H and O–H groups in total. The Labute approximate surface area is 229 Å². The number of phosphoric ester groups is 1. The number of phosphoric acid groups is 1. The molecule has 2 aliphatic rings. The van der Waals surface area contributed by atoms with Crippen molar-refractivity contribution in [2.75, 3.05) is 6.61 Å². The van der Waals surface area contributed by atoms with Gasteiger partial charge in [0.05, 0.1) is 18.6 Å². The van der Waals surface area contributed by atoms with Crippen molar-refractivity contribution in [2.24, 2.45) is 11.3 Å². The lowest BCUT2D eigenvalue weighted by Gasteiger charge is -2.36. The highest BCUT2D eigenvalue weighted by Crippen LogP contribution is 2.50. The molecule has 214 valence electrons. The molecule has 0 aromatic rings. The molecule has 39 heavy (non-hydrogen) atoms. The van der Waals surface area contributed by atoms with Crippen LogP contribution in [0, 0.1) is 11.3 Å². The van der Waals surface area contributed by atoms with Gasteiger partial charge in [-0.15, -0.1) is 0 Å². The van der Waals surface area contributed by atoms with Crippen LogP contribution in [0.15, 0.2) is 70.9 Å². The van der Waals surface area contributed by atoms with Crippen LogP contribution in [0.1, 0.15) is 54.4 Å². The molecule has 0 radical (unpaired) electrons. The molecular formula is C29H39O9P. The fourth-order valence-electron chi connectivity index (χ4n) is 4.52. The summed E-state index contributed by atoms with van der Waals surface area (Å²) in [6.45, 7) is 10.5. The SMILES string of the molecule is CC=CC=C(C)C=CC=C(C)C=CC1=C(C)C(=O)C(OP(=O)(O)OC[C@H](O)[C@H]2CC(O)C(=O)C2=O)CC1(C)C. The zero-order valence-electron chi connectivity index (χ0n) is 23.3. The Hall–Kier alpha value is -2.52. The first kappa shape index (κ1) is 32.7. The van der Waals surface area contributed by atoms with Gasteiger partial charge in [0.15, 0.2) is 5.78 Å². The number of ketones is 3. The Balaban J connectivity index is 2.08. The van der Waals surface area contributed by atoms with Crippen molar-refractivity contribution in [3.8, 4) is 0 Å². The zero-order chi connectivity index (χ0) is 29.5. The number of Topliss-reactive ketones (excluding diaryl/α,β-unsaturated/α-hetero) is 3. The molecule has 0 amide bonds. The van der Waals surface area contributed by atoms with E-state index in [1.54, 1.807) is 6.92 Å². The largest absolute Gasteiger partial charge is 0.472 e. The third-order valence-corrected chi connectivity index (χ3v) is 7.76. The predicted molar refractivity (Wildman–Crippen MR) is 147 cm³/mol. The lowest BCUT2D eigenvalue weighted by molar-refractivity contribution is -0.140. The van der Waals surface area contributed by atoms with Gasteiger partial charge in [-0.3, -0.25) is 23.4 Å². The topological polar surface area (TPSA) is 147 Å². The predicted octanol–water partition coefficient (Wildman–Crippen LogP) is 4.27. The fourth-order valence-corrected chi connectivity index (χ4v) is 5.41. The highest BCUT2D eigenvalue weighted by atomic mass is 31.2. The van der Waals surface area contributed by atoms with Gasteiger partial charge in [0.2, 0.25) is 11.6 Å². The highest BCUT2D eigenvalue weighted by molar-refractivity contribution is 7.47. The first-order chi connectivity index (χ1) is 18.1. The second-order valence-corrected chi connectivity index (χ2v) is 11.9. The van der Waals surface area contributed by atoms with Crippen LogP contribution >= 0.6 is 7.82 Å². The molecule has 10 heteroatoms. The Kier molecular flexibility index (Phi) is 11.5. The van der Waals surface area contributed by atoms with Crippen molar-refractivity contribution in [2.45, 2.75) is 72.7 Å². The number of aliphatic hydroxyl groups excluding tert-OH is 2. The van der Waals surface area contributed by atoms with E-state index in [1.807, 2.05) is 83.2 Å². The summed E-state index contributed by atoms with van der Waals surface area (Å²) in [4.78, 5) is 46.6. The molecule has 9 nitrogen and oxygen atoms in total. The van der Waals surface area contributed by atoms with Crippen LogP contribution in [0.5, 0.6) is 0 Å². The smallest absolute Gasteiger partial charge is 0.390 e. The van der Waals surface area contributed by atoms with Crippen LogP contribution in [0.4, 0.5) is 0 Å². The molecule has 0 bridgehead atoms. The number of carbonyl (C=O) groups excluding carboxylic acids is 3. The summed E-state index contributed by atoms with van der Waals surface area (Å²) in [6, 6.07) is 0. The standard InChI is InChI=1S/C29H39O9P/c1-7-8-10-18(2)11-9-12-19(3)13-14-22-20(4)26(32)25(16-29(22,5)6)38-39(35,36)37-17-24(31)21-15-23(30)28(34)27(21)33/h7-14,21,23-25,30-31H,15-17H2,1-6H3,(H,35,36)/t21-,23?,24+,25?/m1/s1. The van der Waals surface area contributed by atoms with Crippen molar-refractivity contribution >= 4 is 25.2 Å². The second-order valence-electron chi connectivity index (χ2n) is 10.5. The van der Waals surface area contributed by atoms with E-state index in [0.717, 1.165) is 16.7 Å². The van der Waals surface area contributed by atoms with Gasteiger partial charge in [0, 0.05) is 0 Å². The van der Waals surface area contributed by atoms with E-state index < -0.39 is 61.4 Å². The lowest BCUT2D eigenvalue weighted by atomic mass is 9.71. The van der Waals surface area contributed by atoms with Crippen molar-refractivity contribution in [1.82, 2.24) is 0 Å². The summed E-state index contributed by atoms with van der Waals surface area (Å²) >= 11 is 0. The molecule has 3 unspecified atom stereocenters. The van der Waals surface area contributed by atoms with E-state index in [1.165, 1.54) is 0 Å². The molecule has 0 heterocycles. The number of hydrogen-bond donors (Lipinski definition) is 3. The molecule has 0 aliphatic heterocycles. The minimum Gasteiger partial charge on any atom is -0.390 e. The fraction of sp³-hybridized carbons (Fsp3) is 0.483. The third-order valence-electron chi connectivity index (χ3n) is 6.77. The van der Waals surface area contributed by atoms with E-state index in [4.69, 9.17) is 9.05 Å². The third kappa shape index (κ3) is 9.00. The first-order valence-electron chi connectivity index (χ1n) is 12.8. The van der Waals surface area contributed by atoms with Gasteiger partial charge in [-0.05, 0) is 57.1 Å². The van der Waals surface area contributed by atoms with Crippen LogP contribution in [0.25, 0.3) is 0 Å². The van der Waals surface area contributed by atoms with Gasteiger partial charge in [0.1, 0.15) is 12.2 Å². The lowest BCUT2D eigenvalue weighted by Crippen LogP contribution is -2.37. The van der Waals surface area contributed by atoms with Gasteiger partial charge >= 0.3 is 7.82 Å². The van der Waals surface area contributed by atoms with Crippen molar-refractivity contribution in [3.63, 3.8) is 0 Å². The number of rotatable bonds is 11. The van der Waals surface area contributed by atoms with Gasteiger partial charge in [0.25, 0.3) is 0 Å². The van der Waals surface area contributed by atoms with E-state index in [9.17, 15) is 34.1 Å². The average Bonchev–Trinajstić information content (AvgIpc) is 3.11. The Morgan fingerprint density at radius 2 is 1.69 bits per heavy atom. The van der Waals surface area contributed by atoms with Crippen LogP contribution in [-0.4, -0.2) is 57.4 Å². The van der Waals surface area contributed by atoms with E-state index in [0.29, 0.717) is 5.57 Å². The summed E-state index contributed by atoms with van der Waals surface area (Å²) in [7, 11) is -4.81. The van der Waals surface area contributed by atoms with Crippen LogP contribution in [0.2, 0.25) is 0 Å². The van der Waals surface area contributed by atoms with Crippen molar-refractivity contribution < 1.29 is 43.1 Å². The molecule has 0 saturated heterocycles. The first-order valence-corrected chi connectivity index (χ1v) is 14.3. The second kappa shape index (κ2) is 13.7. The normalized spacial score (nSPS) is 27.4. The van der Waals surface area contributed by atoms with Gasteiger partial charge in [-0.1, -0.05) is 73.6 Å². The van der Waals surface area contributed by atoms with Crippen LogP contribution < -0.4 is 0 Å². The van der Waals surface area contributed by atoms with Gasteiger partial charge < -0.3 is 15.1 Å². The van der Waals surface area contributed by atoms with Gasteiger partial charge in [-0.2, -0.15) is 0 Å². The zero-order valence-corrected chi connectivity index (χ0v) is 24.2. The monoisotopic (exact) mass is 562 g/mol. The molecular weight excluding hydrogens is 523 g/mol. The molecule has 2 rings (SSSR count). The number of allylic oxidation sites excluding steroid dienone is 11. The minimum absolute atomic E-state index is 0.110. The summed E-state index contributed by atoms with van der Waals surface area (Å²) in [5, 5.41) is 19.7. The van der Waals surface area contributed by atoms with Crippen molar-refractivity contribution in [3.05, 3.63) is 70.9 Å². The molecule has 1 fully saturated rings. The Bertz CT molecular complexity index is 1200. The maximum atomic E-state index is 13.0. The highest BCUT2D eigenvalue weighted by Gasteiger charge is 2.45. The maximum absolute atomic E-state index is 13.0. The molecule has 5 atom stereocenters. The van der Waals surface area contributed by atoms with Crippen molar-refractivity contribution in [1.29, 1.82) is 0 Å². The molecule has 1 saturated carbocycles. The maximum Gasteiger partial charge on any atom is 0.472 e. The Morgan fingerprint density at radius 3 is 2.28 bits per heavy atom. The number of hydrogen-bond acceptors (Lipinski definition) is 8. The van der Waals surface area contributed by atoms with Crippen LogP contribution in [0.3, 0.4) is 0 Å². The number of aliphatic hydroxyl groups is 2. The molecule has 0 aromatic carbocycles. The average molecular weight is 563 g/mol. The molecule has 0 spiro atoms. The quantitative estimate of drug-likeness (QED) is 0.191. The summed E-state index contributed by atoms with van der Waals surface area (Å²) in [5.74, 6) is -3.68. The van der Waals surface area contributed by atoms with E-state index in [-0.39, 0.29) is 12.8 Å². The van der Waals surface area contributed by atoms with Gasteiger partial charge in [-0.25, -0.2) is 4.57 Å². The minimum atomic E-state index is -4.81. The van der Waals surface area contributed by atoms with E-state index in [2.05, 4.69) is 0 Å².